The van der Waals surface area contributed by atoms with E-state index in [2.05, 4.69) is 4.98 Å². The molecule has 0 saturated carbocycles. The molecule has 0 saturated heterocycles. The van der Waals surface area contributed by atoms with Crippen molar-refractivity contribution in [2.75, 3.05) is 24.6 Å². The molecule has 0 bridgehead atoms. The van der Waals surface area contributed by atoms with E-state index in [0.29, 0.717) is 29.6 Å². The average molecular weight is 282 g/mol. The minimum absolute atomic E-state index is 0.0975. The molecule has 1 aromatic heterocycles. The third-order valence-electron chi connectivity index (χ3n) is 2.37. The standard InChI is InChI=1S/C13H16ClN3O2/c1-3-5-17(9-12(18)19-4-2)13-11(14)6-10(7-15)8-16-13/h6,8H,3-5,9H2,1-2H3. The van der Waals surface area contributed by atoms with E-state index in [1.165, 1.54) is 12.3 Å². The van der Waals surface area contributed by atoms with E-state index in [0.717, 1.165) is 6.42 Å². The average Bonchev–Trinajstić information content (AvgIpc) is 2.38. The molecule has 1 rings (SSSR count). The number of carbonyl (C=O) groups excluding carboxylic acids is 1. The Balaban J connectivity index is 2.92. The Morgan fingerprint density at radius 1 is 1.58 bits per heavy atom. The predicted molar refractivity (Wildman–Crippen MR) is 73.1 cm³/mol. The first-order valence-corrected chi connectivity index (χ1v) is 6.46. The highest BCUT2D eigenvalue weighted by atomic mass is 35.5. The maximum Gasteiger partial charge on any atom is 0.325 e. The van der Waals surface area contributed by atoms with E-state index in [1.54, 1.807) is 11.8 Å². The van der Waals surface area contributed by atoms with E-state index in [1.807, 2.05) is 13.0 Å². The van der Waals surface area contributed by atoms with Gasteiger partial charge in [0.2, 0.25) is 0 Å². The highest BCUT2D eigenvalue weighted by Gasteiger charge is 2.16. The summed E-state index contributed by atoms with van der Waals surface area (Å²) in [5, 5.41) is 9.13. The Labute approximate surface area is 117 Å². The monoisotopic (exact) mass is 281 g/mol. The topological polar surface area (TPSA) is 66.2 Å². The smallest absolute Gasteiger partial charge is 0.325 e. The van der Waals surface area contributed by atoms with E-state index in [9.17, 15) is 4.79 Å². The molecule has 19 heavy (non-hydrogen) atoms. The lowest BCUT2D eigenvalue weighted by molar-refractivity contribution is -0.141. The van der Waals surface area contributed by atoms with Crippen molar-refractivity contribution in [2.24, 2.45) is 0 Å². The number of anilines is 1. The molecule has 0 fully saturated rings. The summed E-state index contributed by atoms with van der Waals surface area (Å²) >= 11 is 6.09. The molecule has 6 heteroatoms. The first kappa shape index (κ1) is 15.3. The van der Waals surface area contributed by atoms with Crippen molar-refractivity contribution in [1.82, 2.24) is 4.98 Å². The zero-order valence-corrected chi connectivity index (χ0v) is 11.8. The SMILES string of the molecule is CCCN(CC(=O)OCC)c1ncc(C#N)cc1Cl. The highest BCUT2D eigenvalue weighted by molar-refractivity contribution is 6.33. The van der Waals surface area contributed by atoms with Gasteiger partial charge in [-0.15, -0.1) is 0 Å². The molecule has 0 aliphatic carbocycles. The molecular weight excluding hydrogens is 266 g/mol. The van der Waals surface area contributed by atoms with Gasteiger partial charge in [-0.3, -0.25) is 4.79 Å². The summed E-state index contributed by atoms with van der Waals surface area (Å²) in [6.07, 6.45) is 2.28. The van der Waals surface area contributed by atoms with Gasteiger partial charge < -0.3 is 9.64 Å². The Morgan fingerprint density at radius 2 is 2.32 bits per heavy atom. The maximum absolute atomic E-state index is 11.5. The van der Waals surface area contributed by atoms with Crippen LogP contribution in [0.2, 0.25) is 5.02 Å². The van der Waals surface area contributed by atoms with Crippen LogP contribution in [0.4, 0.5) is 5.82 Å². The predicted octanol–water partition coefficient (Wildman–Crippen LogP) is 2.39. The number of rotatable bonds is 6. The first-order valence-electron chi connectivity index (χ1n) is 6.08. The molecule has 0 N–H and O–H groups in total. The number of pyridine rings is 1. The van der Waals surface area contributed by atoms with Crippen molar-refractivity contribution in [1.29, 1.82) is 5.26 Å². The molecule has 0 aliphatic rings. The van der Waals surface area contributed by atoms with Gasteiger partial charge in [0.1, 0.15) is 18.4 Å². The van der Waals surface area contributed by atoms with E-state index in [-0.39, 0.29) is 12.5 Å². The van der Waals surface area contributed by atoms with Gasteiger partial charge in [0, 0.05) is 12.7 Å². The summed E-state index contributed by atoms with van der Waals surface area (Å²) in [7, 11) is 0. The summed E-state index contributed by atoms with van der Waals surface area (Å²) in [5.74, 6) is 0.175. The Kier molecular flexibility index (Phi) is 6.10. The maximum atomic E-state index is 11.5. The molecule has 0 aromatic carbocycles. The van der Waals surface area contributed by atoms with Crippen LogP contribution in [0.25, 0.3) is 0 Å². The van der Waals surface area contributed by atoms with Crippen molar-refractivity contribution in [3.05, 3.63) is 22.8 Å². The molecular formula is C13H16ClN3O2. The minimum Gasteiger partial charge on any atom is -0.465 e. The Bertz CT molecular complexity index is 485. The van der Waals surface area contributed by atoms with Crippen molar-refractivity contribution in [2.45, 2.75) is 20.3 Å². The third kappa shape index (κ3) is 4.42. The molecule has 0 spiro atoms. The largest absolute Gasteiger partial charge is 0.465 e. The van der Waals surface area contributed by atoms with Crippen LogP contribution in [0.3, 0.4) is 0 Å². The number of nitrogens with zero attached hydrogens (tertiary/aromatic N) is 3. The minimum atomic E-state index is -0.321. The van der Waals surface area contributed by atoms with Crippen LogP contribution in [-0.4, -0.2) is 30.6 Å². The summed E-state index contributed by atoms with van der Waals surface area (Å²) in [4.78, 5) is 17.4. The van der Waals surface area contributed by atoms with E-state index >= 15 is 0 Å². The normalized spacial score (nSPS) is 9.79. The van der Waals surface area contributed by atoms with Gasteiger partial charge in [-0.1, -0.05) is 18.5 Å². The second-order valence-electron chi connectivity index (χ2n) is 3.87. The Hall–Kier alpha value is -1.80. The van der Waals surface area contributed by atoms with Crippen LogP contribution >= 0.6 is 11.6 Å². The van der Waals surface area contributed by atoms with E-state index < -0.39 is 0 Å². The van der Waals surface area contributed by atoms with E-state index in [4.69, 9.17) is 21.6 Å². The van der Waals surface area contributed by atoms with Gasteiger partial charge in [-0.2, -0.15) is 5.26 Å². The Morgan fingerprint density at radius 3 is 2.84 bits per heavy atom. The number of halogens is 1. The highest BCUT2D eigenvalue weighted by Crippen LogP contribution is 2.24. The number of esters is 1. The van der Waals surface area contributed by atoms with Crippen LogP contribution in [0.15, 0.2) is 12.3 Å². The van der Waals surface area contributed by atoms with Gasteiger partial charge in [0.15, 0.2) is 0 Å². The van der Waals surface area contributed by atoms with Gasteiger partial charge in [-0.05, 0) is 19.4 Å². The second-order valence-corrected chi connectivity index (χ2v) is 4.28. The summed E-state index contributed by atoms with van der Waals surface area (Å²) in [6.45, 7) is 4.83. The number of ether oxygens (including phenoxy) is 1. The molecule has 0 atom stereocenters. The summed E-state index contributed by atoms with van der Waals surface area (Å²) in [6, 6.07) is 3.51. The molecule has 0 aliphatic heterocycles. The quantitative estimate of drug-likeness (QED) is 0.749. The van der Waals surface area contributed by atoms with Crippen molar-refractivity contribution in [3.63, 3.8) is 0 Å². The number of aromatic nitrogens is 1. The van der Waals surface area contributed by atoms with Crippen LogP contribution in [0, 0.1) is 11.3 Å². The molecule has 0 radical (unpaired) electrons. The molecule has 0 unspecified atom stereocenters. The van der Waals surface area contributed by atoms with Gasteiger partial charge in [0.05, 0.1) is 17.2 Å². The molecule has 0 amide bonds. The second kappa shape index (κ2) is 7.59. The van der Waals surface area contributed by atoms with Crippen LogP contribution in [0.5, 0.6) is 0 Å². The van der Waals surface area contributed by atoms with Gasteiger partial charge in [-0.25, -0.2) is 4.98 Å². The fraction of sp³-hybridized carbons (Fsp3) is 0.462. The summed E-state index contributed by atoms with van der Waals surface area (Å²) in [5.41, 5.74) is 0.390. The molecule has 1 heterocycles. The lowest BCUT2D eigenvalue weighted by atomic mass is 10.3. The molecule has 102 valence electrons. The van der Waals surface area contributed by atoms with Gasteiger partial charge in [0.25, 0.3) is 0 Å². The third-order valence-corrected chi connectivity index (χ3v) is 2.65. The first-order chi connectivity index (χ1) is 9.12. The fourth-order valence-electron chi connectivity index (χ4n) is 1.62. The zero-order chi connectivity index (χ0) is 14.3. The molecule has 1 aromatic rings. The summed E-state index contributed by atoms with van der Waals surface area (Å²) < 4.78 is 4.92. The van der Waals surface area contributed by atoms with Crippen molar-refractivity contribution < 1.29 is 9.53 Å². The van der Waals surface area contributed by atoms with Crippen LogP contribution in [0.1, 0.15) is 25.8 Å². The van der Waals surface area contributed by atoms with Crippen LogP contribution in [-0.2, 0) is 9.53 Å². The number of hydrogen-bond donors (Lipinski definition) is 0. The van der Waals surface area contributed by atoms with Crippen molar-refractivity contribution in [3.8, 4) is 6.07 Å². The fourth-order valence-corrected chi connectivity index (χ4v) is 1.90. The number of nitriles is 1. The van der Waals surface area contributed by atoms with Gasteiger partial charge >= 0.3 is 5.97 Å². The zero-order valence-electron chi connectivity index (χ0n) is 11.0. The number of carbonyl (C=O) groups is 1. The lowest BCUT2D eigenvalue weighted by Gasteiger charge is -2.22. The lowest BCUT2D eigenvalue weighted by Crippen LogP contribution is -2.32. The number of hydrogen-bond acceptors (Lipinski definition) is 5. The molecule has 5 nitrogen and oxygen atoms in total. The van der Waals surface area contributed by atoms with Crippen LogP contribution < -0.4 is 4.90 Å². The van der Waals surface area contributed by atoms with Crippen molar-refractivity contribution >= 4 is 23.4 Å².